The number of hydrogen-bond acceptors (Lipinski definition) is 6. The van der Waals surface area contributed by atoms with Crippen LogP contribution in [0.25, 0.3) is 0 Å². The summed E-state index contributed by atoms with van der Waals surface area (Å²) in [6, 6.07) is 1.58. The fourth-order valence-corrected chi connectivity index (χ4v) is 2.80. The maximum absolute atomic E-state index is 12.8. The molecule has 1 aliphatic rings. The molecule has 1 unspecified atom stereocenters. The van der Waals surface area contributed by atoms with Crippen LogP contribution in [0, 0.1) is 0 Å². The average molecular weight is 318 g/mol. The quantitative estimate of drug-likeness (QED) is 0.861. The normalized spacial score (nSPS) is 18.6. The average Bonchev–Trinajstić information content (AvgIpc) is 3.23. The van der Waals surface area contributed by atoms with E-state index in [4.69, 9.17) is 9.05 Å². The first-order chi connectivity index (χ1) is 11.1. The number of aryl methyl sites for hydroxylation is 1. The maximum Gasteiger partial charge on any atom is 0.276 e. The van der Waals surface area contributed by atoms with Crippen LogP contribution >= 0.6 is 0 Å². The molecule has 2 aromatic heterocycles. The molecule has 3 rings (SSSR count). The van der Waals surface area contributed by atoms with Gasteiger partial charge in [-0.1, -0.05) is 31.1 Å². The van der Waals surface area contributed by atoms with E-state index in [0.717, 1.165) is 25.0 Å². The number of carbonyl (C=O) groups excluding carboxylic acids is 1. The van der Waals surface area contributed by atoms with Crippen molar-refractivity contribution in [2.45, 2.75) is 58.4 Å². The zero-order chi connectivity index (χ0) is 16.4. The lowest BCUT2D eigenvalue weighted by molar-refractivity contribution is 0.0586. The molecule has 1 aliphatic heterocycles. The van der Waals surface area contributed by atoms with Crippen LogP contribution in [0.15, 0.2) is 15.1 Å². The second-order valence-electron chi connectivity index (χ2n) is 6.18. The van der Waals surface area contributed by atoms with Crippen LogP contribution < -0.4 is 0 Å². The molecule has 7 nitrogen and oxygen atoms in total. The second-order valence-corrected chi connectivity index (χ2v) is 6.18. The molecule has 2 aromatic rings. The van der Waals surface area contributed by atoms with Gasteiger partial charge in [-0.2, -0.15) is 4.98 Å². The largest absolute Gasteiger partial charge is 0.360 e. The number of aromatic nitrogens is 3. The summed E-state index contributed by atoms with van der Waals surface area (Å²) in [7, 11) is 0. The number of rotatable bonds is 4. The van der Waals surface area contributed by atoms with Crippen molar-refractivity contribution in [1.29, 1.82) is 0 Å². The summed E-state index contributed by atoms with van der Waals surface area (Å²) in [6.45, 7) is 6.64. The number of amides is 1. The van der Waals surface area contributed by atoms with Crippen LogP contribution in [0.4, 0.5) is 0 Å². The topological polar surface area (TPSA) is 85.3 Å². The molecule has 1 atom stereocenters. The summed E-state index contributed by atoms with van der Waals surface area (Å²) < 4.78 is 10.5. The standard InChI is InChI=1S/C16H22N4O3/c1-4-14-17-15(19-23-14)12-7-5-6-8-20(12)16(21)11-9-13(10(2)3)22-18-11/h9-10,12H,4-8H2,1-3H3. The van der Waals surface area contributed by atoms with E-state index >= 15 is 0 Å². The number of hydrogen-bond donors (Lipinski definition) is 0. The van der Waals surface area contributed by atoms with Crippen molar-refractivity contribution >= 4 is 5.91 Å². The first-order valence-electron chi connectivity index (χ1n) is 8.20. The Morgan fingerprint density at radius 1 is 1.35 bits per heavy atom. The van der Waals surface area contributed by atoms with Crippen LogP contribution in [0.1, 0.15) is 80.0 Å². The van der Waals surface area contributed by atoms with E-state index in [2.05, 4.69) is 15.3 Å². The predicted molar refractivity (Wildman–Crippen MR) is 81.9 cm³/mol. The number of carbonyl (C=O) groups is 1. The summed E-state index contributed by atoms with van der Waals surface area (Å²) in [4.78, 5) is 19.0. The molecule has 0 aromatic carbocycles. The maximum atomic E-state index is 12.8. The molecule has 7 heteroatoms. The Morgan fingerprint density at radius 3 is 2.83 bits per heavy atom. The Hall–Kier alpha value is -2.18. The van der Waals surface area contributed by atoms with Gasteiger partial charge in [0.15, 0.2) is 11.5 Å². The molecule has 0 spiro atoms. The fourth-order valence-electron chi connectivity index (χ4n) is 2.80. The molecule has 1 saturated heterocycles. The smallest absolute Gasteiger partial charge is 0.276 e. The van der Waals surface area contributed by atoms with Crippen molar-refractivity contribution in [2.24, 2.45) is 0 Å². The highest BCUT2D eigenvalue weighted by Gasteiger charge is 2.33. The van der Waals surface area contributed by atoms with Gasteiger partial charge in [0.2, 0.25) is 5.89 Å². The highest BCUT2D eigenvalue weighted by Crippen LogP contribution is 2.30. The van der Waals surface area contributed by atoms with Crippen molar-refractivity contribution in [3.63, 3.8) is 0 Å². The van der Waals surface area contributed by atoms with Gasteiger partial charge in [-0.3, -0.25) is 4.79 Å². The Labute approximate surface area is 135 Å². The fraction of sp³-hybridized carbons (Fsp3) is 0.625. The van der Waals surface area contributed by atoms with Crippen molar-refractivity contribution in [1.82, 2.24) is 20.2 Å². The predicted octanol–water partition coefficient (Wildman–Crippen LogP) is 3.11. The number of likely N-dealkylation sites (tertiary alicyclic amines) is 1. The Morgan fingerprint density at radius 2 is 2.17 bits per heavy atom. The van der Waals surface area contributed by atoms with E-state index in [0.29, 0.717) is 30.4 Å². The van der Waals surface area contributed by atoms with Gasteiger partial charge in [-0.15, -0.1) is 0 Å². The molecular weight excluding hydrogens is 296 g/mol. The lowest BCUT2D eigenvalue weighted by Crippen LogP contribution is -2.39. The highest BCUT2D eigenvalue weighted by molar-refractivity contribution is 5.92. The van der Waals surface area contributed by atoms with Gasteiger partial charge < -0.3 is 13.9 Å². The molecule has 1 fully saturated rings. The summed E-state index contributed by atoms with van der Waals surface area (Å²) in [5.41, 5.74) is 0.347. The van der Waals surface area contributed by atoms with E-state index in [9.17, 15) is 4.79 Å². The molecule has 0 aliphatic carbocycles. The third kappa shape index (κ3) is 3.13. The summed E-state index contributed by atoms with van der Waals surface area (Å²) in [5.74, 6) is 1.97. The molecule has 124 valence electrons. The second kappa shape index (κ2) is 6.52. The minimum Gasteiger partial charge on any atom is -0.360 e. The summed E-state index contributed by atoms with van der Waals surface area (Å²) in [6.07, 6.45) is 3.54. The minimum atomic E-state index is -0.153. The number of nitrogens with zero attached hydrogens (tertiary/aromatic N) is 4. The van der Waals surface area contributed by atoms with Gasteiger partial charge in [0.25, 0.3) is 5.91 Å². The molecular formula is C16H22N4O3. The monoisotopic (exact) mass is 318 g/mol. The lowest BCUT2D eigenvalue weighted by Gasteiger charge is -2.33. The zero-order valence-corrected chi connectivity index (χ0v) is 13.8. The Bertz CT molecular complexity index is 676. The van der Waals surface area contributed by atoms with Crippen LogP contribution in [0.2, 0.25) is 0 Å². The van der Waals surface area contributed by atoms with Crippen molar-refractivity contribution in [3.05, 3.63) is 29.2 Å². The first-order valence-corrected chi connectivity index (χ1v) is 8.20. The summed E-state index contributed by atoms with van der Waals surface area (Å²) in [5, 5.41) is 7.98. The van der Waals surface area contributed by atoms with E-state index in [1.807, 2.05) is 20.8 Å². The lowest BCUT2D eigenvalue weighted by atomic mass is 10.0. The van der Waals surface area contributed by atoms with E-state index in [1.165, 1.54) is 0 Å². The van der Waals surface area contributed by atoms with E-state index in [1.54, 1.807) is 11.0 Å². The SMILES string of the molecule is CCc1nc(C2CCCCN2C(=O)c2cc(C(C)C)on2)no1. The van der Waals surface area contributed by atoms with Gasteiger partial charge in [0, 0.05) is 24.9 Å². The first kappa shape index (κ1) is 15.7. The van der Waals surface area contributed by atoms with Crippen LogP contribution in [0.5, 0.6) is 0 Å². The third-order valence-electron chi connectivity index (χ3n) is 4.16. The van der Waals surface area contributed by atoms with Crippen molar-refractivity contribution in [3.8, 4) is 0 Å². The van der Waals surface area contributed by atoms with Gasteiger partial charge in [-0.05, 0) is 19.3 Å². The van der Waals surface area contributed by atoms with Crippen molar-refractivity contribution in [2.75, 3.05) is 6.54 Å². The van der Waals surface area contributed by atoms with Gasteiger partial charge in [0.1, 0.15) is 5.76 Å². The highest BCUT2D eigenvalue weighted by atomic mass is 16.5. The Balaban J connectivity index is 1.83. The molecule has 0 N–H and O–H groups in total. The van der Waals surface area contributed by atoms with Crippen LogP contribution in [0.3, 0.4) is 0 Å². The molecule has 0 saturated carbocycles. The van der Waals surface area contributed by atoms with E-state index < -0.39 is 0 Å². The molecule has 0 radical (unpaired) electrons. The Kier molecular flexibility index (Phi) is 4.45. The summed E-state index contributed by atoms with van der Waals surface area (Å²) >= 11 is 0. The molecule has 1 amide bonds. The molecule has 3 heterocycles. The van der Waals surface area contributed by atoms with Crippen molar-refractivity contribution < 1.29 is 13.8 Å². The zero-order valence-electron chi connectivity index (χ0n) is 13.8. The number of piperidine rings is 1. The minimum absolute atomic E-state index is 0.131. The van der Waals surface area contributed by atoms with E-state index in [-0.39, 0.29) is 17.9 Å². The molecule has 0 bridgehead atoms. The van der Waals surface area contributed by atoms with Crippen LogP contribution in [-0.2, 0) is 6.42 Å². The third-order valence-corrected chi connectivity index (χ3v) is 4.16. The van der Waals surface area contributed by atoms with Gasteiger partial charge in [0.05, 0.1) is 6.04 Å². The molecule has 23 heavy (non-hydrogen) atoms. The van der Waals surface area contributed by atoms with Gasteiger partial charge >= 0.3 is 0 Å². The van der Waals surface area contributed by atoms with Gasteiger partial charge in [-0.25, -0.2) is 0 Å². The van der Waals surface area contributed by atoms with Crippen LogP contribution in [-0.4, -0.2) is 32.6 Å².